The Morgan fingerprint density at radius 1 is 0.897 bits per heavy atom. The van der Waals surface area contributed by atoms with Crippen molar-refractivity contribution in [3.63, 3.8) is 0 Å². The fraction of sp³-hybridized carbons (Fsp3) is 0.500. The average Bonchev–Trinajstić information content (AvgIpc) is 2.71. The van der Waals surface area contributed by atoms with Crippen LogP contribution in [0.15, 0.2) is 54.6 Å². The molecule has 2 N–H and O–H groups in total. The van der Waals surface area contributed by atoms with E-state index < -0.39 is 11.9 Å². The highest BCUT2D eigenvalue weighted by Crippen LogP contribution is 2.17. The van der Waals surface area contributed by atoms with Crippen LogP contribution in [0.2, 0.25) is 0 Å². The van der Waals surface area contributed by atoms with Gasteiger partial charge < -0.3 is 10.2 Å². The SMILES string of the molecule is CCCCC/C=C\C/C=C\CCCCCCC(C=Cc1ccc(O)cc1)C(=O)O. The third-order valence-electron chi connectivity index (χ3n) is 4.95. The summed E-state index contributed by atoms with van der Waals surface area (Å²) < 4.78 is 0. The number of phenols is 1. The lowest BCUT2D eigenvalue weighted by Crippen LogP contribution is -2.10. The summed E-state index contributed by atoms with van der Waals surface area (Å²) in [4.78, 5) is 11.4. The van der Waals surface area contributed by atoms with Crippen molar-refractivity contribution in [2.45, 2.75) is 77.6 Å². The van der Waals surface area contributed by atoms with Gasteiger partial charge in [0.15, 0.2) is 0 Å². The van der Waals surface area contributed by atoms with Gasteiger partial charge in [0.2, 0.25) is 0 Å². The Balaban J connectivity index is 2.11. The zero-order valence-corrected chi connectivity index (χ0v) is 17.9. The summed E-state index contributed by atoms with van der Waals surface area (Å²) in [5.41, 5.74) is 0.900. The molecule has 0 aliphatic carbocycles. The topological polar surface area (TPSA) is 57.5 Å². The van der Waals surface area contributed by atoms with Gasteiger partial charge in [-0.25, -0.2) is 0 Å². The van der Waals surface area contributed by atoms with Crippen molar-refractivity contribution in [3.8, 4) is 5.75 Å². The third kappa shape index (κ3) is 13.5. The number of benzene rings is 1. The second-order valence-corrected chi connectivity index (χ2v) is 7.56. The minimum atomic E-state index is -0.772. The van der Waals surface area contributed by atoms with Crippen LogP contribution in [0, 0.1) is 5.92 Å². The summed E-state index contributed by atoms with van der Waals surface area (Å²) in [7, 11) is 0. The molecule has 0 spiro atoms. The number of carboxylic acid groups (broad SMARTS) is 1. The molecule has 3 nitrogen and oxygen atoms in total. The monoisotopic (exact) mass is 398 g/mol. The van der Waals surface area contributed by atoms with Crippen molar-refractivity contribution in [3.05, 3.63) is 60.2 Å². The molecular weight excluding hydrogens is 360 g/mol. The predicted molar refractivity (Wildman–Crippen MR) is 123 cm³/mol. The second-order valence-electron chi connectivity index (χ2n) is 7.56. The first-order chi connectivity index (χ1) is 14.1. The summed E-state index contributed by atoms with van der Waals surface area (Å²) in [6.45, 7) is 2.23. The zero-order chi connectivity index (χ0) is 21.2. The third-order valence-corrected chi connectivity index (χ3v) is 4.95. The standard InChI is InChI=1S/C26H38O3/c1-2-3-4-5-6-7-8-9-10-11-12-13-14-15-16-24(26(28)29)20-17-23-18-21-25(27)22-19-23/h6-7,9-10,17-22,24,27H,2-5,8,11-16H2,1H3,(H,28,29)/b7-6-,10-9-,20-17?. The van der Waals surface area contributed by atoms with E-state index >= 15 is 0 Å². The number of rotatable bonds is 16. The lowest BCUT2D eigenvalue weighted by atomic mass is 9.99. The number of aliphatic carboxylic acids is 1. The van der Waals surface area contributed by atoms with Crippen LogP contribution in [0.5, 0.6) is 5.75 Å². The number of aromatic hydroxyl groups is 1. The maximum atomic E-state index is 11.4. The summed E-state index contributed by atoms with van der Waals surface area (Å²) in [6.07, 6.45) is 24.8. The first kappa shape index (κ1) is 24.7. The van der Waals surface area contributed by atoms with Crippen molar-refractivity contribution in [1.29, 1.82) is 0 Å². The van der Waals surface area contributed by atoms with Crippen LogP contribution in [0.4, 0.5) is 0 Å². The van der Waals surface area contributed by atoms with E-state index in [1.807, 2.05) is 6.08 Å². The smallest absolute Gasteiger partial charge is 0.310 e. The minimum absolute atomic E-state index is 0.214. The Morgan fingerprint density at radius 3 is 2.14 bits per heavy atom. The van der Waals surface area contributed by atoms with Gasteiger partial charge in [0.05, 0.1) is 5.92 Å². The summed E-state index contributed by atoms with van der Waals surface area (Å²) in [5.74, 6) is -1.01. The van der Waals surface area contributed by atoms with Gasteiger partial charge >= 0.3 is 5.97 Å². The Hall–Kier alpha value is -2.29. The molecule has 0 aliphatic heterocycles. The van der Waals surface area contributed by atoms with Crippen LogP contribution in [0.3, 0.4) is 0 Å². The summed E-state index contributed by atoms with van der Waals surface area (Å²) >= 11 is 0. The highest BCUT2D eigenvalue weighted by molar-refractivity contribution is 5.73. The molecule has 0 amide bonds. The molecule has 0 bridgehead atoms. The number of unbranched alkanes of at least 4 members (excludes halogenated alkanes) is 7. The van der Waals surface area contributed by atoms with Crippen molar-refractivity contribution >= 4 is 12.0 Å². The Morgan fingerprint density at radius 2 is 1.52 bits per heavy atom. The second kappa shape index (κ2) is 16.6. The first-order valence-corrected chi connectivity index (χ1v) is 11.1. The fourth-order valence-electron chi connectivity index (χ4n) is 3.11. The molecule has 1 unspecified atom stereocenters. The van der Waals surface area contributed by atoms with Crippen LogP contribution in [0.25, 0.3) is 6.08 Å². The quantitative estimate of drug-likeness (QED) is 0.223. The zero-order valence-electron chi connectivity index (χ0n) is 17.9. The van der Waals surface area contributed by atoms with Crippen LogP contribution < -0.4 is 0 Å². The van der Waals surface area contributed by atoms with Gasteiger partial charge in [-0.15, -0.1) is 0 Å². The molecular formula is C26H38O3. The van der Waals surface area contributed by atoms with E-state index in [2.05, 4.69) is 31.2 Å². The van der Waals surface area contributed by atoms with Gasteiger partial charge in [-0.2, -0.15) is 0 Å². The molecule has 160 valence electrons. The molecule has 0 saturated carbocycles. The Labute approximate surface area is 176 Å². The molecule has 0 fully saturated rings. The van der Waals surface area contributed by atoms with Crippen LogP contribution >= 0.6 is 0 Å². The lowest BCUT2D eigenvalue weighted by molar-refractivity contribution is -0.140. The lowest BCUT2D eigenvalue weighted by Gasteiger charge is -2.07. The highest BCUT2D eigenvalue weighted by Gasteiger charge is 2.12. The summed E-state index contributed by atoms with van der Waals surface area (Å²) in [5, 5.41) is 18.7. The van der Waals surface area contributed by atoms with Crippen molar-refractivity contribution in [2.24, 2.45) is 5.92 Å². The molecule has 0 saturated heterocycles. The van der Waals surface area contributed by atoms with Gasteiger partial charge in [-0.05, 0) is 56.2 Å². The predicted octanol–water partition coefficient (Wildman–Crippen LogP) is 7.53. The normalized spacial score (nSPS) is 13.0. The Bertz CT molecular complexity index is 626. The minimum Gasteiger partial charge on any atom is -0.508 e. The molecule has 0 aliphatic rings. The number of carbonyl (C=O) groups is 1. The first-order valence-electron chi connectivity index (χ1n) is 11.1. The number of carboxylic acids is 1. The number of hydrogen-bond donors (Lipinski definition) is 2. The molecule has 3 heteroatoms. The number of phenolic OH excluding ortho intramolecular Hbond substituents is 1. The van der Waals surface area contributed by atoms with E-state index in [-0.39, 0.29) is 5.75 Å². The van der Waals surface area contributed by atoms with Gasteiger partial charge in [0, 0.05) is 0 Å². The van der Waals surface area contributed by atoms with Crippen molar-refractivity contribution in [1.82, 2.24) is 0 Å². The molecule has 0 heterocycles. The van der Waals surface area contributed by atoms with Crippen molar-refractivity contribution < 1.29 is 15.0 Å². The maximum Gasteiger partial charge on any atom is 0.310 e. The van der Waals surface area contributed by atoms with Gasteiger partial charge in [0.25, 0.3) is 0 Å². The van der Waals surface area contributed by atoms with Gasteiger partial charge in [0.1, 0.15) is 5.75 Å². The van der Waals surface area contributed by atoms with E-state index in [0.29, 0.717) is 6.42 Å². The van der Waals surface area contributed by atoms with Crippen LogP contribution in [-0.4, -0.2) is 16.2 Å². The summed E-state index contributed by atoms with van der Waals surface area (Å²) in [6, 6.07) is 6.77. The van der Waals surface area contributed by atoms with E-state index in [1.54, 1.807) is 30.3 Å². The molecule has 1 atom stereocenters. The van der Waals surface area contributed by atoms with Gasteiger partial charge in [-0.3, -0.25) is 4.79 Å². The van der Waals surface area contributed by atoms with E-state index in [4.69, 9.17) is 0 Å². The van der Waals surface area contributed by atoms with Gasteiger partial charge in [-0.1, -0.05) is 87.6 Å². The Kier molecular flexibility index (Phi) is 14.2. The molecule has 0 aromatic heterocycles. The number of allylic oxidation sites excluding steroid dienone is 4. The molecule has 1 aromatic carbocycles. The van der Waals surface area contributed by atoms with Crippen LogP contribution in [0.1, 0.15) is 83.1 Å². The molecule has 1 aromatic rings. The molecule has 0 radical (unpaired) electrons. The van der Waals surface area contributed by atoms with E-state index in [9.17, 15) is 15.0 Å². The maximum absolute atomic E-state index is 11.4. The highest BCUT2D eigenvalue weighted by atomic mass is 16.4. The fourth-order valence-corrected chi connectivity index (χ4v) is 3.11. The number of hydrogen-bond acceptors (Lipinski definition) is 2. The van der Waals surface area contributed by atoms with Crippen LogP contribution in [-0.2, 0) is 4.79 Å². The van der Waals surface area contributed by atoms with Crippen molar-refractivity contribution in [2.75, 3.05) is 0 Å². The average molecular weight is 399 g/mol. The van der Waals surface area contributed by atoms with E-state index in [0.717, 1.165) is 44.1 Å². The van der Waals surface area contributed by atoms with E-state index in [1.165, 1.54) is 25.7 Å². The largest absolute Gasteiger partial charge is 0.508 e. The molecule has 29 heavy (non-hydrogen) atoms. The molecule has 1 rings (SSSR count).